The number of hydrogen-bond donors (Lipinski definition) is 2. The fourth-order valence-electron chi connectivity index (χ4n) is 1.27. The summed E-state index contributed by atoms with van der Waals surface area (Å²) in [6, 6.07) is 4.96. The molecule has 0 atom stereocenters. The molecule has 0 saturated heterocycles. The molecule has 0 aliphatic rings. The summed E-state index contributed by atoms with van der Waals surface area (Å²) >= 11 is 0. The van der Waals surface area contributed by atoms with Gasteiger partial charge >= 0.3 is 0 Å². The second-order valence-electron chi connectivity index (χ2n) is 3.50. The lowest BCUT2D eigenvalue weighted by molar-refractivity contribution is -0.117. The van der Waals surface area contributed by atoms with Crippen LogP contribution in [0.4, 0.5) is 5.69 Å². The normalized spacial score (nSPS) is 10.1. The van der Waals surface area contributed by atoms with E-state index in [1.165, 1.54) is 0 Å². The Morgan fingerprint density at radius 2 is 2.25 bits per heavy atom. The van der Waals surface area contributed by atoms with E-state index in [4.69, 9.17) is 4.74 Å². The number of ether oxygens (including phenoxy) is 1. The van der Waals surface area contributed by atoms with E-state index in [0.717, 1.165) is 5.56 Å². The predicted octanol–water partition coefficient (Wildman–Crippen LogP) is 2.07. The third-order valence-electron chi connectivity index (χ3n) is 2.16. The number of phenolic OH excluding ortho intramolecular Hbond substituents is 1. The van der Waals surface area contributed by atoms with Crippen molar-refractivity contribution in [2.75, 3.05) is 18.5 Å². The summed E-state index contributed by atoms with van der Waals surface area (Å²) in [6.07, 6.45) is 0.341. The van der Waals surface area contributed by atoms with Crippen molar-refractivity contribution in [3.05, 3.63) is 23.8 Å². The highest BCUT2D eigenvalue weighted by Gasteiger charge is 2.03. The van der Waals surface area contributed by atoms with Crippen molar-refractivity contribution >= 4 is 11.6 Å². The van der Waals surface area contributed by atoms with Gasteiger partial charge in [-0.1, -0.05) is 0 Å². The van der Waals surface area contributed by atoms with Crippen LogP contribution in [0, 0.1) is 6.92 Å². The van der Waals surface area contributed by atoms with Crippen molar-refractivity contribution in [1.29, 1.82) is 0 Å². The molecule has 1 aromatic carbocycles. The predicted molar refractivity (Wildman–Crippen MR) is 62.6 cm³/mol. The first kappa shape index (κ1) is 12.5. The first-order valence-electron chi connectivity index (χ1n) is 5.30. The average molecular weight is 223 g/mol. The Morgan fingerprint density at radius 3 is 2.88 bits per heavy atom. The number of rotatable bonds is 5. The molecule has 0 unspecified atom stereocenters. The molecule has 1 rings (SSSR count). The number of hydrogen-bond acceptors (Lipinski definition) is 3. The number of phenols is 1. The summed E-state index contributed by atoms with van der Waals surface area (Å²) < 4.78 is 5.08. The maximum Gasteiger partial charge on any atom is 0.226 e. The van der Waals surface area contributed by atoms with Crippen molar-refractivity contribution < 1.29 is 14.6 Å². The molecule has 16 heavy (non-hydrogen) atoms. The van der Waals surface area contributed by atoms with Gasteiger partial charge in [0.2, 0.25) is 5.91 Å². The molecule has 1 aromatic rings. The number of nitrogens with one attached hydrogen (secondary N) is 1. The van der Waals surface area contributed by atoms with Crippen molar-refractivity contribution in [3.8, 4) is 5.75 Å². The minimum Gasteiger partial charge on any atom is -0.508 e. The lowest BCUT2D eigenvalue weighted by atomic mass is 10.2. The summed E-state index contributed by atoms with van der Waals surface area (Å²) in [7, 11) is 0. The molecular formula is C12H17NO3. The minimum atomic E-state index is -0.0847. The Kier molecular flexibility index (Phi) is 4.79. The Bertz CT molecular complexity index is 363. The fraction of sp³-hybridized carbons (Fsp3) is 0.417. The Morgan fingerprint density at radius 1 is 1.50 bits per heavy atom. The maximum atomic E-state index is 11.4. The van der Waals surface area contributed by atoms with Gasteiger partial charge < -0.3 is 15.2 Å². The van der Waals surface area contributed by atoms with Gasteiger partial charge in [0.1, 0.15) is 5.75 Å². The van der Waals surface area contributed by atoms with Crippen LogP contribution in [0.15, 0.2) is 18.2 Å². The van der Waals surface area contributed by atoms with Gasteiger partial charge in [0.05, 0.1) is 13.0 Å². The lowest BCUT2D eigenvalue weighted by Gasteiger charge is -2.07. The van der Waals surface area contributed by atoms with E-state index in [9.17, 15) is 9.90 Å². The molecule has 0 bridgehead atoms. The highest BCUT2D eigenvalue weighted by Crippen LogP contribution is 2.20. The van der Waals surface area contributed by atoms with Gasteiger partial charge in [0, 0.05) is 12.3 Å². The summed E-state index contributed by atoms with van der Waals surface area (Å²) in [6.45, 7) is 4.72. The number of benzene rings is 1. The molecule has 0 spiro atoms. The van der Waals surface area contributed by atoms with Crippen LogP contribution in [0.3, 0.4) is 0 Å². The van der Waals surface area contributed by atoms with E-state index in [2.05, 4.69) is 5.32 Å². The zero-order valence-electron chi connectivity index (χ0n) is 9.62. The zero-order valence-corrected chi connectivity index (χ0v) is 9.62. The molecular weight excluding hydrogens is 206 g/mol. The largest absolute Gasteiger partial charge is 0.508 e. The van der Waals surface area contributed by atoms with Crippen molar-refractivity contribution in [1.82, 2.24) is 0 Å². The molecule has 0 radical (unpaired) electrons. The van der Waals surface area contributed by atoms with Crippen LogP contribution in [0.5, 0.6) is 5.75 Å². The molecule has 4 heteroatoms. The number of anilines is 1. The third-order valence-corrected chi connectivity index (χ3v) is 2.16. The van der Waals surface area contributed by atoms with Gasteiger partial charge in [-0.05, 0) is 37.6 Å². The molecule has 4 nitrogen and oxygen atoms in total. The Labute approximate surface area is 95.2 Å². The van der Waals surface area contributed by atoms with Crippen LogP contribution in [-0.2, 0) is 9.53 Å². The number of amides is 1. The molecule has 0 aliphatic heterocycles. The van der Waals surface area contributed by atoms with Gasteiger partial charge in [-0.2, -0.15) is 0 Å². The standard InChI is InChI=1S/C12H17NO3/c1-3-16-7-6-12(15)13-10-4-5-11(14)9(2)8-10/h4-5,8,14H,3,6-7H2,1-2H3,(H,13,15). The van der Waals surface area contributed by atoms with Crippen LogP contribution >= 0.6 is 0 Å². The van der Waals surface area contributed by atoms with E-state index in [1.54, 1.807) is 25.1 Å². The number of carbonyl (C=O) groups excluding carboxylic acids is 1. The third kappa shape index (κ3) is 3.90. The molecule has 0 heterocycles. The first-order valence-corrected chi connectivity index (χ1v) is 5.30. The second-order valence-corrected chi connectivity index (χ2v) is 3.50. The van der Waals surface area contributed by atoms with Crippen molar-refractivity contribution in [2.24, 2.45) is 0 Å². The molecule has 0 saturated carbocycles. The second kappa shape index (κ2) is 6.12. The van der Waals surface area contributed by atoms with Crippen LogP contribution in [0.25, 0.3) is 0 Å². The van der Waals surface area contributed by atoms with Crippen molar-refractivity contribution in [3.63, 3.8) is 0 Å². The molecule has 0 fully saturated rings. The Hall–Kier alpha value is -1.55. The molecule has 0 aliphatic carbocycles. The maximum absolute atomic E-state index is 11.4. The fourth-order valence-corrected chi connectivity index (χ4v) is 1.27. The first-order chi connectivity index (χ1) is 7.63. The zero-order chi connectivity index (χ0) is 12.0. The molecule has 0 aromatic heterocycles. The summed E-state index contributed by atoms with van der Waals surface area (Å²) in [4.78, 5) is 11.4. The summed E-state index contributed by atoms with van der Waals surface area (Å²) in [5, 5.41) is 12.1. The van der Waals surface area contributed by atoms with Gasteiger partial charge in [-0.15, -0.1) is 0 Å². The quantitative estimate of drug-likeness (QED) is 0.593. The van der Waals surface area contributed by atoms with E-state index < -0.39 is 0 Å². The lowest BCUT2D eigenvalue weighted by Crippen LogP contribution is -2.14. The Balaban J connectivity index is 2.46. The highest BCUT2D eigenvalue weighted by atomic mass is 16.5. The van der Waals surface area contributed by atoms with Gasteiger partial charge in [0.25, 0.3) is 0 Å². The number of aromatic hydroxyl groups is 1. The minimum absolute atomic E-state index is 0.0847. The van der Waals surface area contributed by atoms with E-state index >= 15 is 0 Å². The van der Waals surface area contributed by atoms with Gasteiger partial charge in [-0.25, -0.2) is 0 Å². The van der Waals surface area contributed by atoms with Crippen LogP contribution in [0.1, 0.15) is 18.9 Å². The van der Waals surface area contributed by atoms with Crippen LogP contribution < -0.4 is 5.32 Å². The molecule has 1 amide bonds. The number of carbonyl (C=O) groups is 1. The van der Waals surface area contributed by atoms with Gasteiger partial charge in [-0.3, -0.25) is 4.79 Å². The monoisotopic (exact) mass is 223 g/mol. The summed E-state index contributed by atoms with van der Waals surface area (Å²) in [5.41, 5.74) is 1.43. The van der Waals surface area contributed by atoms with Crippen molar-refractivity contribution in [2.45, 2.75) is 20.3 Å². The SMILES string of the molecule is CCOCCC(=O)Nc1ccc(O)c(C)c1. The van der Waals surface area contributed by atoms with E-state index in [-0.39, 0.29) is 11.7 Å². The topological polar surface area (TPSA) is 58.6 Å². The van der Waals surface area contributed by atoms with Gasteiger partial charge in [0.15, 0.2) is 0 Å². The van der Waals surface area contributed by atoms with Crippen LogP contribution in [0.2, 0.25) is 0 Å². The van der Waals surface area contributed by atoms with Crippen LogP contribution in [-0.4, -0.2) is 24.2 Å². The van der Waals surface area contributed by atoms with E-state index in [0.29, 0.717) is 25.3 Å². The average Bonchev–Trinajstić information content (AvgIpc) is 2.24. The summed E-state index contributed by atoms with van der Waals surface area (Å²) in [5.74, 6) is 0.144. The van der Waals surface area contributed by atoms with E-state index in [1.807, 2.05) is 6.92 Å². The highest BCUT2D eigenvalue weighted by molar-refractivity contribution is 5.90. The molecule has 88 valence electrons. The number of aryl methyl sites for hydroxylation is 1. The smallest absolute Gasteiger partial charge is 0.226 e. The molecule has 2 N–H and O–H groups in total.